The predicted molar refractivity (Wildman–Crippen MR) is 93.8 cm³/mol. The molecule has 3 heteroatoms. The van der Waals surface area contributed by atoms with E-state index in [4.69, 9.17) is 5.73 Å². The van der Waals surface area contributed by atoms with Gasteiger partial charge in [-0.2, -0.15) is 0 Å². The Balaban J connectivity index is 2.10. The fourth-order valence-corrected chi connectivity index (χ4v) is 2.22. The number of para-hydroxylation sites is 1. The summed E-state index contributed by atoms with van der Waals surface area (Å²) in [5.74, 6) is 0.213. The van der Waals surface area contributed by atoms with Crippen molar-refractivity contribution >= 4 is 23.4 Å². The monoisotopic (exact) mass is 294 g/mol. The van der Waals surface area contributed by atoms with Gasteiger partial charge in [-0.25, -0.2) is 0 Å². The number of nitrogens with one attached hydrogen (secondary N) is 1. The zero-order chi connectivity index (χ0) is 16.1. The maximum Gasteiger partial charge on any atom is 0.248 e. The fraction of sp³-hybridized carbons (Fsp3) is 0.211. The Morgan fingerprint density at radius 2 is 1.91 bits per heavy atom. The topological polar surface area (TPSA) is 55.1 Å². The van der Waals surface area contributed by atoms with Crippen LogP contribution < -0.4 is 11.1 Å². The van der Waals surface area contributed by atoms with E-state index in [-0.39, 0.29) is 5.91 Å². The molecular formula is C19H22N2O. The van der Waals surface area contributed by atoms with Crippen molar-refractivity contribution in [1.82, 2.24) is 0 Å². The number of carbonyl (C=O) groups is 1. The molecule has 0 heterocycles. The lowest BCUT2D eigenvalue weighted by molar-refractivity contribution is -0.111. The van der Waals surface area contributed by atoms with Crippen LogP contribution in [0.15, 0.2) is 48.5 Å². The number of aryl methyl sites for hydroxylation is 1. The Morgan fingerprint density at radius 3 is 2.59 bits per heavy atom. The molecule has 0 atom stereocenters. The minimum absolute atomic E-state index is 0.146. The summed E-state index contributed by atoms with van der Waals surface area (Å²) in [4.78, 5) is 12.1. The van der Waals surface area contributed by atoms with E-state index in [1.165, 1.54) is 6.08 Å². The lowest BCUT2D eigenvalue weighted by atomic mass is 10.0. The normalized spacial score (nSPS) is 11.1. The van der Waals surface area contributed by atoms with E-state index in [0.29, 0.717) is 5.92 Å². The molecule has 0 unspecified atom stereocenters. The standard InChI is InChI=1S/C19H22N2O/c1-13(2)16-6-4-5-7-18(16)21-19(22)11-10-15-9-8-14(3)17(20)12-15/h4-13H,20H2,1-3H3,(H,21,22)/b11-10+. The van der Waals surface area contributed by atoms with Gasteiger partial charge >= 0.3 is 0 Å². The van der Waals surface area contributed by atoms with Crippen molar-refractivity contribution in [3.8, 4) is 0 Å². The molecular weight excluding hydrogens is 272 g/mol. The van der Waals surface area contributed by atoms with E-state index >= 15 is 0 Å². The summed E-state index contributed by atoms with van der Waals surface area (Å²) in [7, 11) is 0. The Kier molecular flexibility index (Phi) is 4.99. The Hall–Kier alpha value is -2.55. The van der Waals surface area contributed by atoms with Gasteiger partial charge in [-0.05, 0) is 47.7 Å². The number of hydrogen-bond acceptors (Lipinski definition) is 2. The van der Waals surface area contributed by atoms with Crippen molar-refractivity contribution in [2.75, 3.05) is 11.1 Å². The second-order valence-corrected chi connectivity index (χ2v) is 5.68. The van der Waals surface area contributed by atoms with Gasteiger partial charge in [-0.1, -0.05) is 44.2 Å². The summed E-state index contributed by atoms with van der Waals surface area (Å²) < 4.78 is 0. The second-order valence-electron chi connectivity index (χ2n) is 5.68. The van der Waals surface area contributed by atoms with Crippen molar-refractivity contribution in [2.24, 2.45) is 0 Å². The van der Waals surface area contributed by atoms with E-state index < -0.39 is 0 Å². The molecule has 114 valence electrons. The van der Waals surface area contributed by atoms with Crippen LogP contribution in [0.5, 0.6) is 0 Å². The highest BCUT2D eigenvalue weighted by atomic mass is 16.1. The van der Waals surface area contributed by atoms with Crippen molar-refractivity contribution in [1.29, 1.82) is 0 Å². The molecule has 0 spiro atoms. The molecule has 0 saturated carbocycles. The number of nitrogen functional groups attached to an aromatic ring is 1. The zero-order valence-electron chi connectivity index (χ0n) is 13.3. The Morgan fingerprint density at radius 1 is 1.18 bits per heavy atom. The molecule has 2 aromatic rings. The molecule has 0 aliphatic rings. The number of nitrogens with two attached hydrogens (primary N) is 1. The highest BCUT2D eigenvalue weighted by Gasteiger charge is 2.07. The molecule has 22 heavy (non-hydrogen) atoms. The lowest BCUT2D eigenvalue weighted by Crippen LogP contribution is -2.10. The first-order valence-corrected chi connectivity index (χ1v) is 7.41. The SMILES string of the molecule is Cc1ccc(/C=C/C(=O)Nc2ccccc2C(C)C)cc1N. The van der Waals surface area contributed by atoms with Gasteiger partial charge in [0.1, 0.15) is 0 Å². The van der Waals surface area contributed by atoms with E-state index in [1.54, 1.807) is 6.08 Å². The maximum absolute atomic E-state index is 12.1. The molecule has 0 aliphatic heterocycles. The third kappa shape index (κ3) is 3.98. The van der Waals surface area contributed by atoms with Crippen molar-refractivity contribution in [3.63, 3.8) is 0 Å². The van der Waals surface area contributed by atoms with Crippen LogP contribution in [0.25, 0.3) is 6.08 Å². The molecule has 0 fully saturated rings. The van der Waals surface area contributed by atoms with Gasteiger partial charge in [0.15, 0.2) is 0 Å². The number of carbonyl (C=O) groups excluding carboxylic acids is 1. The summed E-state index contributed by atoms with van der Waals surface area (Å²) in [5, 5.41) is 2.93. The molecule has 1 amide bonds. The molecule has 2 aromatic carbocycles. The molecule has 0 aromatic heterocycles. The third-order valence-electron chi connectivity index (χ3n) is 3.57. The summed E-state index contributed by atoms with van der Waals surface area (Å²) in [6.07, 6.45) is 3.30. The molecule has 0 bridgehead atoms. The molecule has 3 nitrogen and oxygen atoms in total. The first-order chi connectivity index (χ1) is 10.5. The number of anilines is 2. The number of hydrogen-bond donors (Lipinski definition) is 2. The second kappa shape index (κ2) is 6.94. The van der Waals surface area contributed by atoms with Crippen LogP contribution in [0.2, 0.25) is 0 Å². The zero-order valence-corrected chi connectivity index (χ0v) is 13.3. The maximum atomic E-state index is 12.1. The van der Waals surface area contributed by atoms with Crippen LogP contribution in [0.1, 0.15) is 36.5 Å². The van der Waals surface area contributed by atoms with Crippen LogP contribution >= 0.6 is 0 Å². The van der Waals surface area contributed by atoms with Crippen LogP contribution in [0.4, 0.5) is 11.4 Å². The highest BCUT2D eigenvalue weighted by molar-refractivity contribution is 6.02. The van der Waals surface area contributed by atoms with Gasteiger partial charge in [-0.3, -0.25) is 4.79 Å². The van der Waals surface area contributed by atoms with Gasteiger partial charge in [0.25, 0.3) is 0 Å². The van der Waals surface area contributed by atoms with Gasteiger partial charge in [0.2, 0.25) is 5.91 Å². The van der Waals surface area contributed by atoms with Gasteiger partial charge in [-0.15, -0.1) is 0 Å². The lowest BCUT2D eigenvalue weighted by Gasteiger charge is -2.12. The highest BCUT2D eigenvalue weighted by Crippen LogP contribution is 2.23. The van der Waals surface area contributed by atoms with Gasteiger partial charge in [0, 0.05) is 17.5 Å². The smallest absolute Gasteiger partial charge is 0.248 e. The average molecular weight is 294 g/mol. The molecule has 2 rings (SSSR count). The summed E-state index contributed by atoms with van der Waals surface area (Å²) in [6.45, 7) is 6.17. The van der Waals surface area contributed by atoms with Gasteiger partial charge < -0.3 is 11.1 Å². The summed E-state index contributed by atoms with van der Waals surface area (Å²) in [5.41, 5.74) is 10.5. The minimum atomic E-state index is -0.146. The fourth-order valence-electron chi connectivity index (χ4n) is 2.22. The van der Waals surface area contributed by atoms with Crippen molar-refractivity contribution in [3.05, 3.63) is 65.2 Å². The van der Waals surface area contributed by atoms with Crippen molar-refractivity contribution in [2.45, 2.75) is 26.7 Å². The van der Waals surface area contributed by atoms with E-state index in [1.807, 2.05) is 49.4 Å². The Labute approximate surface area is 131 Å². The molecule has 0 aliphatic carbocycles. The number of amides is 1. The van der Waals surface area contributed by atoms with E-state index in [2.05, 4.69) is 19.2 Å². The molecule has 0 radical (unpaired) electrons. The first kappa shape index (κ1) is 15.8. The van der Waals surface area contributed by atoms with Crippen LogP contribution in [0.3, 0.4) is 0 Å². The summed E-state index contributed by atoms with van der Waals surface area (Å²) >= 11 is 0. The van der Waals surface area contributed by atoms with Crippen molar-refractivity contribution < 1.29 is 4.79 Å². The quantitative estimate of drug-likeness (QED) is 0.650. The average Bonchev–Trinajstić information content (AvgIpc) is 2.49. The minimum Gasteiger partial charge on any atom is -0.398 e. The van der Waals surface area contributed by atoms with Gasteiger partial charge in [0.05, 0.1) is 0 Å². The molecule has 3 N–H and O–H groups in total. The van der Waals surface area contributed by atoms with Crippen LogP contribution in [-0.4, -0.2) is 5.91 Å². The predicted octanol–water partition coefficient (Wildman–Crippen LogP) is 4.35. The van der Waals surface area contributed by atoms with Crippen LogP contribution in [-0.2, 0) is 4.79 Å². The third-order valence-corrected chi connectivity index (χ3v) is 3.57. The van der Waals surface area contributed by atoms with E-state index in [0.717, 1.165) is 28.1 Å². The first-order valence-electron chi connectivity index (χ1n) is 7.41. The largest absolute Gasteiger partial charge is 0.398 e. The number of rotatable bonds is 4. The Bertz CT molecular complexity index is 702. The van der Waals surface area contributed by atoms with E-state index in [9.17, 15) is 4.79 Å². The number of benzene rings is 2. The van der Waals surface area contributed by atoms with Crippen LogP contribution in [0, 0.1) is 6.92 Å². The summed E-state index contributed by atoms with van der Waals surface area (Å²) in [6, 6.07) is 13.6. The molecule has 0 saturated heterocycles.